The molecule has 2 atom stereocenters. The van der Waals surface area contributed by atoms with E-state index in [9.17, 15) is 9.90 Å². The van der Waals surface area contributed by atoms with E-state index < -0.39 is 0 Å². The van der Waals surface area contributed by atoms with Gasteiger partial charge < -0.3 is 10.4 Å². The molecule has 1 amide bonds. The number of phenols is 1. The summed E-state index contributed by atoms with van der Waals surface area (Å²) in [7, 11) is 0. The second-order valence-electron chi connectivity index (χ2n) is 5.01. The van der Waals surface area contributed by atoms with E-state index in [1.807, 2.05) is 0 Å². The van der Waals surface area contributed by atoms with Crippen LogP contribution < -0.4 is 5.32 Å². The van der Waals surface area contributed by atoms with Crippen molar-refractivity contribution in [1.29, 1.82) is 0 Å². The smallest absolute Gasteiger partial charge is 0.251 e. The van der Waals surface area contributed by atoms with Gasteiger partial charge in [-0.2, -0.15) is 0 Å². The van der Waals surface area contributed by atoms with Crippen LogP contribution in [-0.2, 0) is 0 Å². The highest BCUT2D eigenvalue weighted by Gasteiger charge is 2.20. The van der Waals surface area contributed by atoms with Gasteiger partial charge in [-0.15, -0.1) is 0 Å². The molecule has 1 aliphatic carbocycles. The molecule has 0 aliphatic heterocycles. The summed E-state index contributed by atoms with van der Waals surface area (Å²) in [5.41, 5.74) is 0.481. The molecule has 3 nitrogen and oxygen atoms in total. The van der Waals surface area contributed by atoms with Crippen LogP contribution in [-0.4, -0.2) is 22.4 Å². The zero-order valence-electron chi connectivity index (χ0n) is 10.5. The molecule has 1 aliphatic rings. The number of halogens is 2. The molecular formula is C14H17BrClNO2. The Morgan fingerprint density at radius 2 is 2.26 bits per heavy atom. The Kier molecular flexibility index (Phi) is 5.11. The molecule has 0 aromatic heterocycles. The fourth-order valence-electron chi connectivity index (χ4n) is 2.40. The summed E-state index contributed by atoms with van der Waals surface area (Å²) in [6, 6.07) is 4.50. The van der Waals surface area contributed by atoms with Crippen LogP contribution in [0.15, 0.2) is 18.2 Å². The molecule has 2 rings (SSSR count). The van der Waals surface area contributed by atoms with Crippen molar-refractivity contribution in [3.8, 4) is 5.75 Å². The summed E-state index contributed by atoms with van der Waals surface area (Å²) >= 11 is 9.43. The number of hydrogen-bond donors (Lipinski definition) is 2. The Balaban J connectivity index is 1.88. The van der Waals surface area contributed by atoms with E-state index in [4.69, 9.17) is 11.6 Å². The number of aromatic hydroxyl groups is 1. The van der Waals surface area contributed by atoms with Crippen LogP contribution >= 0.6 is 27.5 Å². The number of carbonyl (C=O) groups excluding carboxylic acids is 1. The number of amides is 1. The average Bonchev–Trinajstić information content (AvgIpc) is 2.39. The first-order valence-corrected chi connectivity index (χ1v) is 7.76. The number of carbonyl (C=O) groups is 1. The van der Waals surface area contributed by atoms with Crippen LogP contribution in [0.5, 0.6) is 5.75 Å². The molecule has 19 heavy (non-hydrogen) atoms. The van der Waals surface area contributed by atoms with Crippen molar-refractivity contribution < 1.29 is 9.90 Å². The molecule has 0 saturated heterocycles. The highest BCUT2D eigenvalue weighted by atomic mass is 79.9. The monoisotopic (exact) mass is 345 g/mol. The molecular weight excluding hydrogens is 330 g/mol. The maximum absolute atomic E-state index is 12.0. The van der Waals surface area contributed by atoms with E-state index >= 15 is 0 Å². The van der Waals surface area contributed by atoms with E-state index in [0.717, 1.165) is 6.42 Å². The van der Waals surface area contributed by atoms with Gasteiger partial charge in [-0.25, -0.2) is 0 Å². The van der Waals surface area contributed by atoms with Gasteiger partial charge in [0.05, 0.1) is 5.02 Å². The summed E-state index contributed by atoms with van der Waals surface area (Å²) < 4.78 is 0. The molecule has 5 heteroatoms. The Hall–Kier alpha value is -0.740. The molecule has 0 spiro atoms. The first-order valence-electron chi connectivity index (χ1n) is 6.47. The number of rotatable bonds is 3. The third-order valence-electron chi connectivity index (χ3n) is 3.48. The molecule has 0 bridgehead atoms. The molecule has 1 aromatic rings. The molecule has 0 heterocycles. The van der Waals surface area contributed by atoms with Crippen molar-refractivity contribution in [2.75, 3.05) is 6.54 Å². The predicted molar refractivity (Wildman–Crippen MR) is 80.1 cm³/mol. The van der Waals surface area contributed by atoms with Gasteiger partial charge in [0.1, 0.15) is 5.75 Å². The third-order valence-corrected chi connectivity index (χ3v) is 4.61. The zero-order valence-corrected chi connectivity index (χ0v) is 12.9. The Morgan fingerprint density at radius 3 is 2.95 bits per heavy atom. The minimum Gasteiger partial charge on any atom is -0.506 e. The lowest BCUT2D eigenvalue weighted by Crippen LogP contribution is -2.31. The lowest BCUT2D eigenvalue weighted by molar-refractivity contribution is 0.0944. The SMILES string of the molecule is O=C(NCC1CCCC(Br)C1)c1ccc(O)c(Cl)c1. The van der Waals surface area contributed by atoms with Crippen molar-refractivity contribution in [2.24, 2.45) is 5.92 Å². The van der Waals surface area contributed by atoms with Crippen LogP contribution in [0.25, 0.3) is 0 Å². The number of alkyl halides is 1. The van der Waals surface area contributed by atoms with Crippen molar-refractivity contribution in [3.63, 3.8) is 0 Å². The highest BCUT2D eigenvalue weighted by Crippen LogP contribution is 2.28. The van der Waals surface area contributed by atoms with E-state index in [0.29, 0.717) is 22.9 Å². The summed E-state index contributed by atoms with van der Waals surface area (Å²) in [4.78, 5) is 12.5. The van der Waals surface area contributed by atoms with Gasteiger partial charge >= 0.3 is 0 Å². The maximum Gasteiger partial charge on any atom is 0.251 e. The minimum atomic E-state index is -0.140. The molecule has 104 valence electrons. The summed E-state index contributed by atoms with van der Waals surface area (Å²) in [5, 5.41) is 12.5. The lowest BCUT2D eigenvalue weighted by Gasteiger charge is -2.25. The van der Waals surface area contributed by atoms with Crippen LogP contribution in [0.2, 0.25) is 5.02 Å². The van der Waals surface area contributed by atoms with Gasteiger partial charge in [-0.1, -0.05) is 34.0 Å². The van der Waals surface area contributed by atoms with E-state index in [-0.39, 0.29) is 16.7 Å². The van der Waals surface area contributed by atoms with Gasteiger partial charge in [0.2, 0.25) is 0 Å². The molecule has 1 fully saturated rings. The van der Waals surface area contributed by atoms with E-state index in [1.54, 1.807) is 6.07 Å². The normalized spacial score (nSPS) is 23.1. The fraction of sp³-hybridized carbons (Fsp3) is 0.500. The number of benzene rings is 1. The topological polar surface area (TPSA) is 49.3 Å². The Morgan fingerprint density at radius 1 is 1.47 bits per heavy atom. The van der Waals surface area contributed by atoms with Crippen LogP contribution in [0.1, 0.15) is 36.0 Å². The van der Waals surface area contributed by atoms with Gasteiger partial charge in [-0.3, -0.25) is 4.79 Å². The fourth-order valence-corrected chi connectivity index (χ4v) is 3.43. The third kappa shape index (κ3) is 4.11. The maximum atomic E-state index is 12.0. The van der Waals surface area contributed by atoms with Gasteiger partial charge in [0, 0.05) is 16.9 Å². The Bertz CT molecular complexity index is 467. The molecule has 1 saturated carbocycles. The first-order chi connectivity index (χ1) is 9.06. The van der Waals surface area contributed by atoms with E-state index in [2.05, 4.69) is 21.2 Å². The second-order valence-corrected chi connectivity index (χ2v) is 6.71. The van der Waals surface area contributed by atoms with Crippen LogP contribution in [0.4, 0.5) is 0 Å². The van der Waals surface area contributed by atoms with Crippen LogP contribution in [0, 0.1) is 5.92 Å². The summed E-state index contributed by atoms with van der Waals surface area (Å²) in [6.07, 6.45) is 4.70. The quantitative estimate of drug-likeness (QED) is 0.819. The first kappa shape index (κ1) is 14.7. The Labute approximate surface area is 126 Å². The molecule has 2 unspecified atom stereocenters. The molecule has 2 N–H and O–H groups in total. The van der Waals surface area contributed by atoms with Gasteiger partial charge in [0.25, 0.3) is 5.91 Å². The lowest BCUT2D eigenvalue weighted by atomic mass is 9.89. The largest absolute Gasteiger partial charge is 0.506 e. The summed E-state index contributed by atoms with van der Waals surface area (Å²) in [5.74, 6) is 0.390. The molecule has 1 aromatic carbocycles. The molecule has 0 radical (unpaired) electrons. The van der Waals surface area contributed by atoms with Gasteiger partial charge in [-0.05, 0) is 43.4 Å². The minimum absolute atomic E-state index is 0.00683. The van der Waals surface area contributed by atoms with Crippen molar-refractivity contribution in [2.45, 2.75) is 30.5 Å². The van der Waals surface area contributed by atoms with E-state index in [1.165, 1.54) is 31.4 Å². The number of hydrogen-bond acceptors (Lipinski definition) is 2. The average molecular weight is 347 g/mol. The second kappa shape index (κ2) is 6.62. The summed E-state index contributed by atoms with van der Waals surface area (Å²) in [6.45, 7) is 0.694. The van der Waals surface area contributed by atoms with Gasteiger partial charge in [0.15, 0.2) is 0 Å². The number of nitrogens with one attached hydrogen (secondary N) is 1. The predicted octanol–water partition coefficient (Wildman–Crippen LogP) is 3.73. The highest BCUT2D eigenvalue weighted by molar-refractivity contribution is 9.09. The van der Waals surface area contributed by atoms with Crippen molar-refractivity contribution in [3.05, 3.63) is 28.8 Å². The van der Waals surface area contributed by atoms with Crippen molar-refractivity contribution in [1.82, 2.24) is 5.32 Å². The van der Waals surface area contributed by atoms with Crippen molar-refractivity contribution >= 4 is 33.4 Å². The standard InChI is InChI=1S/C14H17BrClNO2/c15-11-3-1-2-9(6-11)8-17-14(19)10-4-5-13(18)12(16)7-10/h4-5,7,9,11,18H,1-3,6,8H2,(H,17,19). The zero-order chi connectivity index (χ0) is 13.8. The van der Waals surface area contributed by atoms with Crippen LogP contribution in [0.3, 0.4) is 0 Å². The number of phenolic OH excluding ortho intramolecular Hbond substituents is 1.